The number of hydrogen-bond donors (Lipinski definition) is 0. The van der Waals surface area contributed by atoms with Crippen LogP contribution in [0.3, 0.4) is 0 Å². The van der Waals surface area contributed by atoms with Crippen LogP contribution in [0.5, 0.6) is 0 Å². The minimum atomic E-state index is -0.179. The Morgan fingerprint density at radius 2 is 0.923 bits per heavy atom. The van der Waals surface area contributed by atoms with E-state index >= 15 is 0 Å². The smallest absolute Gasteiger partial charge is 0.345 e. The number of rotatable bonds is 5. The SMILES string of the molecule is [CH2-]CCC.[CH2-]CCC.[CH2-]CCC.[CH2-]CCC.[CH2-][SiH2]c1cc[c-]cc1.[Zr+3].[Zr+3]. The van der Waals surface area contributed by atoms with E-state index in [4.69, 9.17) is 0 Å². The molecule has 0 amide bonds. The molecule has 0 atom stereocenters. The van der Waals surface area contributed by atoms with Gasteiger partial charge in [0.05, 0.1) is 0 Å². The first-order valence-corrected chi connectivity index (χ1v) is 11.2. The number of hydrogen-bond acceptors (Lipinski definition) is 0. The Hall–Kier alpha value is 1.20. The van der Waals surface area contributed by atoms with Crippen LogP contribution in [0.15, 0.2) is 24.3 Å². The molecule has 0 bridgehead atoms. The molecule has 0 aromatic heterocycles. The Labute approximate surface area is 209 Å². The van der Waals surface area contributed by atoms with E-state index in [-0.39, 0.29) is 61.9 Å². The zero-order chi connectivity index (χ0) is 19.5. The number of unbranched alkanes of at least 4 members (excludes halogenated alkanes) is 4. The summed E-state index contributed by atoms with van der Waals surface area (Å²) >= 11 is 0. The van der Waals surface area contributed by atoms with Gasteiger partial charge in [-0.3, -0.25) is 0 Å². The second-order valence-corrected chi connectivity index (χ2v) is 6.39. The van der Waals surface area contributed by atoms with Crippen molar-refractivity contribution in [1.82, 2.24) is 0 Å². The molecule has 3 heteroatoms. The van der Waals surface area contributed by atoms with Crippen LogP contribution in [0.1, 0.15) is 79.1 Å². The van der Waals surface area contributed by atoms with Crippen LogP contribution in [0.2, 0.25) is 0 Å². The minimum Gasteiger partial charge on any atom is -0.345 e. The largest absolute Gasteiger partial charge is 3.00 e. The van der Waals surface area contributed by atoms with Crippen LogP contribution in [0.25, 0.3) is 0 Å². The van der Waals surface area contributed by atoms with Crippen molar-refractivity contribution in [1.29, 1.82) is 0 Å². The zero-order valence-electron chi connectivity index (χ0n) is 18.2. The third-order valence-electron chi connectivity index (χ3n) is 2.49. The van der Waals surface area contributed by atoms with Crippen molar-refractivity contribution in [2.24, 2.45) is 0 Å². The van der Waals surface area contributed by atoms with Crippen LogP contribution >= 0.6 is 0 Å². The Bertz CT molecular complexity index is 230. The van der Waals surface area contributed by atoms with E-state index in [0.717, 1.165) is 25.7 Å². The average molecular weight is 531 g/mol. The van der Waals surface area contributed by atoms with Gasteiger partial charge in [-0.1, -0.05) is 53.4 Å². The zero-order valence-corrected chi connectivity index (χ0v) is 24.5. The third kappa shape index (κ3) is 63.9. The van der Waals surface area contributed by atoms with E-state index < -0.39 is 0 Å². The number of benzene rings is 1. The maximum atomic E-state index is 3.88. The summed E-state index contributed by atoms with van der Waals surface area (Å²) in [5.41, 5.74) is 0. The summed E-state index contributed by atoms with van der Waals surface area (Å²) in [6, 6.07) is 11.0. The van der Waals surface area contributed by atoms with Gasteiger partial charge in [0, 0.05) is 0 Å². The first-order chi connectivity index (χ1) is 11.6. The topological polar surface area (TPSA) is 0 Å². The van der Waals surface area contributed by atoms with Gasteiger partial charge in [-0.05, 0) is 0 Å². The van der Waals surface area contributed by atoms with Crippen molar-refractivity contribution in [2.45, 2.75) is 79.1 Å². The van der Waals surface area contributed by atoms with E-state index in [1.54, 1.807) is 0 Å². The van der Waals surface area contributed by atoms with Gasteiger partial charge >= 0.3 is 52.4 Å². The Balaban J connectivity index is -0.0000000495. The molecule has 0 heterocycles. The van der Waals surface area contributed by atoms with Gasteiger partial charge in [0.2, 0.25) is 0 Å². The molecular weight excluding hydrogens is 487 g/mol. The Morgan fingerprint density at radius 3 is 1.04 bits per heavy atom. The van der Waals surface area contributed by atoms with Crippen LogP contribution in [0, 0.1) is 40.3 Å². The van der Waals surface area contributed by atoms with Crippen LogP contribution in [0.4, 0.5) is 0 Å². The van der Waals surface area contributed by atoms with Crippen molar-refractivity contribution in [3.8, 4) is 0 Å². The van der Waals surface area contributed by atoms with Crippen molar-refractivity contribution in [3.05, 3.63) is 64.6 Å². The Kier molecular flexibility index (Phi) is 80.3. The maximum Gasteiger partial charge on any atom is 3.00 e. The standard InChI is InChI=1S/C7H8Si.4C4H9.2Zr/c1-8-7-5-3-2-4-6-7;4*1-3-4-2;;/h3-6H,1,8H2;4*1,3-4H2,2H3;;/q-2;4*-1;2*+3. The fraction of sp³-hybridized carbons (Fsp3) is 0.522. The van der Waals surface area contributed by atoms with Gasteiger partial charge in [0.25, 0.3) is 0 Å². The maximum absolute atomic E-state index is 3.88. The van der Waals surface area contributed by atoms with E-state index in [9.17, 15) is 0 Å². The molecule has 0 saturated heterocycles. The van der Waals surface area contributed by atoms with E-state index in [0.29, 0.717) is 0 Å². The van der Waals surface area contributed by atoms with E-state index in [1.807, 2.05) is 12.1 Å². The van der Waals surface area contributed by atoms with Crippen molar-refractivity contribution < 1.29 is 52.4 Å². The molecule has 1 aromatic rings. The van der Waals surface area contributed by atoms with Crippen molar-refractivity contribution in [2.75, 3.05) is 0 Å². The fourth-order valence-electron chi connectivity index (χ4n) is 0.588. The molecule has 148 valence electrons. The first kappa shape index (κ1) is 41.5. The predicted molar refractivity (Wildman–Crippen MR) is 120 cm³/mol. The fourth-order valence-corrected chi connectivity index (χ4v) is 1.16. The molecule has 2 radical (unpaired) electrons. The molecule has 0 fully saturated rings. The predicted octanol–water partition coefficient (Wildman–Crippen LogP) is 6.55. The monoisotopic (exact) mass is 528 g/mol. The van der Waals surface area contributed by atoms with E-state index in [1.165, 1.54) is 30.9 Å². The normalized spacial score (nSPS) is 7.88. The second kappa shape index (κ2) is 50.2. The summed E-state index contributed by atoms with van der Waals surface area (Å²) in [6.45, 7) is 26.8. The summed E-state index contributed by atoms with van der Waals surface area (Å²) in [5, 5.41) is 1.41. The molecule has 0 spiro atoms. The first-order valence-electron chi connectivity index (χ1n) is 9.50. The quantitative estimate of drug-likeness (QED) is 0.299. The van der Waals surface area contributed by atoms with Gasteiger partial charge in [-0.15, -0.1) is 9.52 Å². The summed E-state index contributed by atoms with van der Waals surface area (Å²) in [6.07, 6.45) is 9.11. The van der Waals surface area contributed by atoms with E-state index in [2.05, 4.69) is 80.1 Å². The van der Waals surface area contributed by atoms with Gasteiger partial charge in [0.1, 0.15) is 0 Å². The van der Waals surface area contributed by atoms with Gasteiger partial charge < -0.3 is 34.2 Å². The van der Waals surface area contributed by atoms with Gasteiger partial charge in [-0.25, -0.2) is 5.19 Å². The molecule has 1 aromatic carbocycles. The molecule has 0 N–H and O–H groups in total. The van der Waals surface area contributed by atoms with Crippen LogP contribution in [-0.2, 0) is 52.4 Å². The molecule has 0 unspecified atom stereocenters. The molecule has 1 rings (SSSR count). The van der Waals surface area contributed by atoms with Crippen LogP contribution in [-0.4, -0.2) is 9.52 Å². The molecule has 26 heavy (non-hydrogen) atoms. The summed E-state index contributed by atoms with van der Waals surface area (Å²) < 4.78 is 0. The van der Waals surface area contributed by atoms with Gasteiger partial charge in [-0.2, -0.15) is 56.0 Å². The van der Waals surface area contributed by atoms with Gasteiger partial charge in [0.15, 0.2) is 0 Å². The molecule has 0 saturated carbocycles. The second-order valence-electron chi connectivity index (χ2n) is 5.07. The van der Waals surface area contributed by atoms with Crippen molar-refractivity contribution >= 4 is 14.7 Å². The average Bonchev–Trinajstić information content (AvgIpc) is 2.69. The third-order valence-corrected chi connectivity index (χ3v) is 3.54. The summed E-state index contributed by atoms with van der Waals surface area (Å²) in [4.78, 5) is 0. The van der Waals surface area contributed by atoms with Crippen LogP contribution < -0.4 is 5.19 Å². The molecular formula is C23H44SiZr2. The summed E-state index contributed by atoms with van der Waals surface area (Å²) in [5.74, 6) is 0. The minimum absolute atomic E-state index is 0. The molecule has 0 aliphatic heterocycles. The molecule has 0 aliphatic rings. The molecule has 0 aliphatic carbocycles. The summed E-state index contributed by atoms with van der Waals surface area (Å²) in [7, 11) is -0.179. The van der Waals surface area contributed by atoms with Crippen molar-refractivity contribution in [3.63, 3.8) is 0 Å². The Morgan fingerprint density at radius 1 is 0.692 bits per heavy atom. The molecule has 0 nitrogen and oxygen atoms in total.